The van der Waals surface area contributed by atoms with Crippen LogP contribution in [0.25, 0.3) is 10.9 Å². The summed E-state index contributed by atoms with van der Waals surface area (Å²) < 4.78 is 34.3. The van der Waals surface area contributed by atoms with Crippen molar-refractivity contribution >= 4 is 16.8 Å². The van der Waals surface area contributed by atoms with Gasteiger partial charge >= 0.3 is 6.61 Å². The molecule has 0 saturated carbocycles. The number of rotatable bonds is 6. The van der Waals surface area contributed by atoms with Gasteiger partial charge in [0.05, 0.1) is 7.11 Å². The zero-order valence-electron chi connectivity index (χ0n) is 15.3. The Balaban J connectivity index is 1.77. The van der Waals surface area contributed by atoms with Crippen molar-refractivity contribution in [2.45, 2.75) is 20.1 Å². The first-order valence-corrected chi connectivity index (χ1v) is 8.34. The Morgan fingerprint density at radius 1 is 1.15 bits per heavy atom. The third-order valence-corrected chi connectivity index (χ3v) is 4.22. The topological polar surface area (TPSA) is 54.6 Å². The quantitative estimate of drug-likeness (QED) is 0.698. The lowest BCUT2D eigenvalue weighted by molar-refractivity contribution is -0.0512. The minimum absolute atomic E-state index is 0.0452. The van der Waals surface area contributed by atoms with Crippen LogP contribution in [0, 0.1) is 6.92 Å². The second kappa shape index (κ2) is 7.65. The first-order valence-electron chi connectivity index (χ1n) is 8.34. The standard InChI is InChI=1S/C20H20F2N2O3/c1-12-4-6-15-14(8-12)10-16(23-15)19(25)24(2)11-13-5-7-17(27-20(21)22)18(9-13)26-3/h4-10,20,23H,11H2,1-3H3. The molecule has 1 aromatic heterocycles. The maximum absolute atomic E-state index is 12.7. The molecule has 0 saturated heterocycles. The summed E-state index contributed by atoms with van der Waals surface area (Å²) in [6, 6.07) is 12.4. The number of alkyl halides is 2. The van der Waals surface area contributed by atoms with E-state index in [0.717, 1.165) is 22.0 Å². The molecule has 0 bridgehead atoms. The number of fused-ring (bicyclic) bond motifs is 1. The fourth-order valence-corrected chi connectivity index (χ4v) is 2.92. The Morgan fingerprint density at radius 2 is 1.93 bits per heavy atom. The van der Waals surface area contributed by atoms with E-state index in [9.17, 15) is 13.6 Å². The van der Waals surface area contributed by atoms with Crippen molar-refractivity contribution in [1.82, 2.24) is 9.88 Å². The number of amides is 1. The maximum Gasteiger partial charge on any atom is 0.387 e. The van der Waals surface area contributed by atoms with E-state index in [-0.39, 0.29) is 17.4 Å². The highest BCUT2D eigenvalue weighted by atomic mass is 19.3. The average Bonchev–Trinajstić information content (AvgIpc) is 3.04. The van der Waals surface area contributed by atoms with Gasteiger partial charge in [-0.1, -0.05) is 17.7 Å². The highest BCUT2D eigenvalue weighted by molar-refractivity contribution is 5.98. The summed E-state index contributed by atoms with van der Waals surface area (Å²) >= 11 is 0. The second-order valence-corrected chi connectivity index (χ2v) is 6.30. The van der Waals surface area contributed by atoms with Crippen LogP contribution in [-0.4, -0.2) is 36.6 Å². The minimum Gasteiger partial charge on any atom is -0.493 e. The van der Waals surface area contributed by atoms with Crippen molar-refractivity contribution in [3.8, 4) is 11.5 Å². The van der Waals surface area contributed by atoms with Crippen molar-refractivity contribution in [3.63, 3.8) is 0 Å². The summed E-state index contributed by atoms with van der Waals surface area (Å²) in [7, 11) is 3.05. The molecular formula is C20H20F2N2O3. The molecule has 142 valence electrons. The van der Waals surface area contributed by atoms with Gasteiger partial charge in [-0.2, -0.15) is 8.78 Å². The SMILES string of the molecule is COc1cc(CN(C)C(=O)c2cc3cc(C)ccc3[nH]2)ccc1OC(F)F. The van der Waals surface area contributed by atoms with Crippen molar-refractivity contribution in [3.05, 3.63) is 59.3 Å². The van der Waals surface area contributed by atoms with Crippen LogP contribution >= 0.6 is 0 Å². The first-order chi connectivity index (χ1) is 12.9. The molecule has 0 aliphatic heterocycles. The van der Waals surface area contributed by atoms with Crippen molar-refractivity contribution in [1.29, 1.82) is 0 Å². The summed E-state index contributed by atoms with van der Waals surface area (Å²) in [5.74, 6) is -0.0262. The molecule has 2 aromatic carbocycles. The van der Waals surface area contributed by atoms with E-state index in [2.05, 4.69) is 9.72 Å². The molecule has 0 unspecified atom stereocenters. The van der Waals surface area contributed by atoms with E-state index in [1.807, 2.05) is 31.2 Å². The Morgan fingerprint density at radius 3 is 2.63 bits per heavy atom. The third kappa shape index (κ3) is 4.19. The molecule has 7 heteroatoms. The van der Waals surface area contributed by atoms with E-state index >= 15 is 0 Å². The number of H-pyrrole nitrogens is 1. The number of carbonyl (C=O) groups excluding carboxylic acids is 1. The zero-order chi connectivity index (χ0) is 19.6. The Bertz CT molecular complexity index is 969. The van der Waals surface area contributed by atoms with Gasteiger partial charge in [-0.25, -0.2) is 0 Å². The summed E-state index contributed by atoms with van der Waals surface area (Å²) in [4.78, 5) is 17.4. The number of aromatic nitrogens is 1. The second-order valence-electron chi connectivity index (χ2n) is 6.30. The van der Waals surface area contributed by atoms with Gasteiger partial charge in [-0.15, -0.1) is 0 Å². The lowest BCUT2D eigenvalue weighted by atomic mass is 10.1. The molecule has 5 nitrogen and oxygen atoms in total. The molecule has 1 N–H and O–H groups in total. The molecular weight excluding hydrogens is 354 g/mol. The molecule has 0 spiro atoms. The minimum atomic E-state index is -2.93. The Hall–Kier alpha value is -3.09. The Kier molecular flexibility index (Phi) is 5.30. The highest BCUT2D eigenvalue weighted by Crippen LogP contribution is 2.30. The van der Waals surface area contributed by atoms with Gasteiger partial charge in [0.25, 0.3) is 5.91 Å². The summed E-state index contributed by atoms with van der Waals surface area (Å²) in [5, 5.41) is 0.974. The monoisotopic (exact) mass is 374 g/mol. The first kappa shape index (κ1) is 18.7. The number of carbonyl (C=O) groups is 1. The number of benzene rings is 2. The van der Waals surface area contributed by atoms with Crippen LogP contribution in [0.1, 0.15) is 21.6 Å². The normalized spacial score (nSPS) is 11.0. The fraction of sp³-hybridized carbons (Fsp3) is 0.250. The number of halogens is 2. The number of hydrogen-bond acceptors (Lipinski definition) is 3. The van der Waals surface area contributed by atoms with Crippen LogP contribution in [0.2, 0.25) is 0 Å². The highest BCUT2D eigenvalue weighted by Gasteiger charge is 2.16. The van der Waals surface area contributed by atoms with Crippen LogP contribution in [0.15, 0.2) is 42.5 Å². The number of nitrogens with one attached hydrogen (secondary N) is 1. The third-order valence-electron chi connectivity index (χ3n) is 4.22. The van der Waals surface area contributed by atoms with Gasteiger partial charge in [-0.05, 0) is 42.8 Å². The van der Waals surface area contributed by atoms with Crippen molar-refractivity contribution in [2.75, 3.05) is 14.2 Å². The van der Waals surface area contributed by atoms with Crippen LogP contribution < -0.4 is 9.47 Å². The number of nitrogens with zero attached hydrogens (tertiary/aromatic N) is 1. The predicted octanol–water partition coefficient (Wildman–Crippen LogP) is 4.36. The molecule has 0 aliphatic carbocycles. The lowest BCUT2D eigenvalue weighted by Gasteiger charge is -2.18. The lowest BCUT2D eigenvalue weighted by Crippen LogP contribution is -2.26. The molecule has 0 aliphatic rings. The van der Waals surface area contributed by atoms with Crippen molar-refractivity contribution < 1.29 is 23.0 Å². The van der Waals surface area contributed by atoms with Crippen LogP contribution in [0.4, 0.5) is 8.78 Å². The molecule has 0 atom stereocenters. The molecule has 3 aromatic rings. The van der Waals surface area contributed by atoms with Crippen LogP contribution in [0.3, 0.4) is 0 Å². The zero-order valence-corrected chi connectivity index (χ0v) is 15.3. The molecule has 3 rings (SSSR count). The number of methoxy groups -OCH3 is 1. The molecule has 1 heterocycles. The van der Waals surface area contributed by atoms with E-state index in [0.29, 0.717) is 12.2 Å². The van der Waals surface area contributed by atoms with E-state index in [1.54, 1.807) is 24.1 Å². The number of aromatic amines is 1. The van der Waals surface area contributed by atoms with Gasteiger partial charge in [0.1, 0.15) is 5.69 Å². The average molecular weight is 374 g/mol. The summed E-state index contributed by atoms with van der Waals surface area (Å²) in [6.07, 6.45) is 0. The maximum atomic E-state index is 12.7. The largest absolute Gasteiger partial charge is 0.493 e. The molecule has 27 heavy (non-hydrogen) atoms. The molecule has 0 radical (unpaired) electrons. The molecule has 1 amide bonds. The van der Waals surface area contributed by atoms with Crippen molar-refractivity contribution in [2.24, 2.45) is 0 Å². The number of hydrogen-bond donors (Lipinski definition) is 1. The Labute approximate surface area is 155 Å². The number of aryl methyl sites for hydroxylation is 1. The smallest absolute Gasteiger partial charge is 0.387 e. The van der Waals surface area contributed by atoms with Crippen LogP contribution in [-0.2, 0) is 6.54 Å². The number of ether oxygens (including phenoxy) is 2. The van der Waals surface area contributed by atoms with E-state index < -0.39 is 6.61 Å². The molecule has 0 fully saturated rings. The van der Waals surface area contributed by atoms with Gasteiger partial charge in [0, 0.05) is 24.5 Å². The van der Waals surface area contributed by atoms with Gasteiger partial charge in [-0.3, -0.25) is 4.79 Å². The van der Waals surface area contributed by atoms with E-state index in [4.69, 9.17) is 4.74 Å². The summed E-state index contributed by atoms with van der Waals surface area (Å²) in [6.45, 7) is -0.646. The predicted molar refractivity (Wildman–Crippen MR) is 98.5 cm³/mol. The van der Waals surface area contributed by atoms with Gasteiger partial charge < -0.3 is 19.4 Å². The van der Waals surface area contributed by atoms with Crippen LogP contribution in [0.5, 0.6) is 11.5 Å². The van der Waals surface area contributed by atoms with E-state index in [1.165, 1.54) is 13.2 Å². The summed E-state index contributed by atoms with van der Waals surface area (Å²) in [5.41, 5.74) is 3.23. The van der Waals surface area contributed by atoms with Gasteiger partial charge in [0.2, 0.25) is 0 Å². The fourth-order valence-electron chi connectivity index (χ4n) is 2.92. The van der Waals surface area contributed by atoms with Gasteiger partial charge in [0.15, 0.2) is 11.5 Å².